The van der Waals surface area contributed by atoms with Gasteiger partial charge in [-0.2, -0.15) is 0 Å². The van der Waals surface area contributed by atoms with Gasteiger partial charge in [0.1, 0.15) is 10.3 Å². The van der Waals surface area contributed by atoms with Gasteiger partial charge in [0.15, 0.2) is 0 Å². The fraction of sp³-hybridized carbons (Fsp3) is 0.650. The maximum Gasteiger partial charge on any atom is 0.254 e. The van der Waals surface area contributed by atoms with Crippen molar-refractivity contribution in [1.82, 2.24) is 24.6 Å². The number of nitrogens with zero attached hydrogens (tertiary/aromatic N) is 5. The zero-order valence-corrected chi connectivity index (χ0v) is 18.0. The molecule has 1 aliphatic carbocycles. The van der Waals surface area contributed by atoms with Crippen LogP contribution < -0.4 is 0 Å². The zero-order chi connectivity index (χ0) is 20.4. The van der Waals surface area contributed by atoms with E-state index >= 15 is 0 Å². The van der Waals surface area contributed by atoms with E-state index in [-0.39, 0.29) is 22.1 Å². The fourth-order valence-electron chi connectivity index (χ4n) is 4.26. The van der Waals surface area contributed by atoms with Crippen LogP contribution >= 0.6 is 23.2 Å². The van der Waals surface area contributed by atoms with E-state index in [0.717, 1.165) is 32.2 Å². The predicted octanol–water partition coefficient (Wildman–Crippen LogP) is 1.84. The molecule has 0 atom stereocenters. The molecule has 0 N–H and O–H groups in total. The summed E-state index contributed by atoms with van der Waals surface area (Å²) >= 11 is 11.8. The third kappa shape index (κ3) is 5.02. The van der Waals surface area contributed by atoms with Gasteiger partial charge in [0.2, 0.25) is 5.91 Å². The van der Waals surface area contributed by atoms with Gasteiger partial charge in [0.25, 0.3) is 5.91 Å². The van der Waals surface area contributed by atoms with Crippen molar-refractivity contribution in [2.75, 3.05) is 58.9 Å². The highest BCUT2D eigenvalue weighted by Crippen LogP contribution is 2.25. The van der Waals surface area contributed by atoms with Crippen molar-refractivity contribution < 1.29 is 9.59 Å². The molecule has 3 fully saturated rings. The molecule has 1 saturated carbocycles. The number of rotatable bonds is 4. The number of carbonyl (C=O) groups is 2. The largest absolute Gasteiger partial charge is 0.339 e. The lowest BCUT2D eigenvalue weighted by Crippen LogP contribution is -2.56. The monoisotopic (exact) mass is 439 g/mol. The fourth-order valence-corrected chi connectivity index (χ4v) is 4.72. The van der Waals surface area contributed by atoms with Crippen molar-refractivity contribution in [3.63, 3.8) is 0 Å². The van der Waals surface area contributed by atoms with Crippen LogP contribution in [0, 0.1) is 0 Å². The summed E-state index contributed by atoms with van der Waals surface area (Å²) in [6.07, 6.45) is 3.98. The average Bonchev–Trinajstić information content (AvgIpc) is 2.66. The van der Waals surface area contributed by atoms with Crippen LogP contribution in [0.4, 0.5) is 0 Å². The number of hydrogen-bond acceptors (Lipinski definition) is 5. The summed E-state index contributed by atoms with van der Waals surface area (Å²) in [6, 6.07) is 3.83. The van der Waals surface area contributed by atoms with Gasteiger partial charge in [-0.05, 0) is 25.0 Å². The first-order valence-electron chi connectivity index (χ1n) is 10.4. The second-order valence-electron chi connectivity index (χ2n) is 8.07. The molecule has 0 bridgehead atoms. The summed E-state index contributed by atoms with van der Waals surface area (Å²) in [5.41, 5.74) is 0.448. The Morgan fingerprint density at radius 2 is 1.48 bits per heavy atom. The molecule has 2 saturated heterocycles. The molecule has 158 valence electrons. The highest BCUT2D eigenvalue weighted by Gasteiger charge is 2.30. The van der Waals surface area contributed by atoms with Crippen molar-refractivity contribution in [2.45, 2.75) is 25.3 Å². The summed E-state index contributed by atoms with van der Waals surface area (Å²) in [4.78, 5) is 37.7. The topological polar surface area (TPSA) is 60.0 Å². The van der Waals surface area contributed by atoms with Crippen LogP contribution in [0.15, 0.2) is 12.1 Å². The van der Waals surface area contributed by atoms with Crippen LogP contribution in [-0.2, 0) is 4.79 Å². The Hall–Kier alpha value is -1.41. The molecule has 4 rings (SSSR count). The molecule has 7 nitrogen and oxygen atoms in total. The lowest BCUT2D eigenvalue weighted by molar-refractivity contribution is -0.135. The van der Waals surface area contributed by atoms with E-state index in [0.29, 0.717) is 38.3 Å². The van der Waals surface area contributed by atoms with Crippen LogP contribution in [0.5, 0.6) is 0 Å². The third-order valence-electron chi connectivity index (χ3n) is 6.29. The van der Waals surface area contributed by atoms with Crippen molar-refractivity contribution in [3.8, 4) is 0 Å². The first-order chi connectivity index (χ1) is 14.0. The lowest BCUT2D eigenvalue weighted by atomic mass is 9.91. The molecule has 29 heavy (non-hydrogen) atoms. The van der Waals surface area contributed by atoms with Gasteiger partial charge in [-0.25, -0.2) is 4.98 Å². The number of amides is 2. The summed E-state index contributed by atoms with van der Waals surface area (Å²) in [7, 11) is 0. The molecule has 9 heteroatoms. The second kappa shape index (κ2) is 9.16. The predicted molar refractivity (Wildman–Crippen MR) is 112 cm³/mol. The molecular weight excluding hydrogens is 413 g/mol. The number of hydrogen-bond donors (Lipinski definition) is 0. The molecule has 3 heterocycles. The zero-order valence-electron chi connectivity index (χ0n) is 16.5. The van der Waals surface area contributed by atoms with E-state index in [1.54, 1.807) is 4.90 Å². The van der Waals surface area contributed by atoms with E-state index in [4.69, 9.17) is 23.2 Å². The molecule has 0 radical (unpaired) electrons. The maximum absolute atomic E-state index is 12.7. The number of pyridine rings is 1. The number of halogens is 2. The minimum absolute atomic E-state index is 0.103. The van der Waals surface area contributed by atoms with Gasteiger partial charge in [-0.1, -0.05) is 29.6 Å². The van der Waals surface area contributed by atoms with Gasteiger partial charge in [0, 0.05) is 64.0 Å². The SMILES string of the molecule is O=C(CN1CCN(C(=O)c2cc(Cl)nc(Cl)c2)CC1)N1CCN(C2CCC2)CC1. The minimum atomic E-state index is -0.103. The van der Waals surface area contributed by atoms with Crippen molar-refractivity contribution in [1.29, 1.82) is 0 Å². The first-order valence-corrected chi connectivity index (χ1v) is 11.1. The molecular formula is C20H27Cl2N5O2. The summed E-state index contributed by atoms with van der Waals surface area (Å²) in [5.74, 6) is 0.0972. The molecule has 0 unspecified atom stereocenters. The lowest BCUT2D eigenvalue weighted by Gasteiger charge is -2.43. The van der Waals surface area contributed by atoms with Crippen LogP contribution in [0.2, 0.25) is 10.3 Å². The Balaban J connectivity index is 1.22. The molecule has 0 spiro atoms. The first kappa shape index (κ1) is 20.8. The Kier molecular flexibility index (Phi) is 6.59. The molecule has 2 aliphatic heterocycles. The van der Waals surface area contributed by atoms with E-state index in [2.05, 4.69) is 14.8 Å². The third-order valence-corrected chi connectivity index (χ3v) is 6.67. The summed E-state index contributed by atoms with van der Waals surface area (Å²) in [5, 5.41) is 0.421. The van der Waals surface area contributed by atoms with Gasteiger partial charge in [-0.3, -0.25) is 19.4 Å². The number of carbonyl (C=O) groups excluding carboxylic acids is 2. The highest BCUT2D eigenvalue weighted by atomic mass is 35.5. The van der Waals surface area contributed by atoms with Crippen molar-refractivity contribution >= 4 is 35.0 Å². The van der Waals surface area contributed by atoms with Crippen LogP contribution in [-0.4, -0.2) is 101 Å². The van der Waals surface area contributed by atoms with Crippen molar-refractivity contribution in [3.05, 3.63) is 28.0 Å². The second-order valence-corrected chi connectivity index (χ2v) is 8.85. The Bertz CT molecular complexity index is 737. The van der Waals surface area contributed by atoms with Crippen LogP contribution in [0.25, 0.3) is 0 Å². The summed E-state index contributed by atoms with van der Waals surface area (Å²) in [6.45, 7) is 6.62. The Morgan fingerprint density at radius 1 is 0.897 bits per heavy atom. The van der Waals surface area contributed by atoms with Crippen LogP contribution in [0.3, 0.4) is 0 Å². The number of piperazine rings is 2. The van der Waals surface area contributed by atoms with E-state index in [1.807, 2.05) is 4.90 Å². The van der Waals surface area contributed by atoms with Gasteiger partial charge < -0.3 is 9.80 Å². The minimum Gasteiger partial charge on any atom is -0.339 e. The van der Waals surface area contributed by atoms with Gasteiger partial charge in [-0.15, -0.1) is 0 Å². The van der Waals surface area contributed by atoms with E-state index < -0.39 is 0 Å². The highest BCUT2D eigenvalue weighted by molar-refractivity contribution is 6.33. The van der Waals surface area contributed by atoms with Gasteiger partial charge in [0.05, 0.1) is 6.54 Å². The van der Waals surface area contributed by atoms with Gasteiger partial charge >= 0.3 is 0 Å². The molecule has 1 aromatic heterocycles. The molecule has 0 aromatic carbocycles. The molecule has 2 amide bonds. The Morgan fingerprint density at radius 3 is 2.03 bits per heavy atom. The smallest absolute Gasteiger partial charge is 0.254 e. The standard InChI is InChI=1S/C20H27Cl2N5O2/c21-17-12-15(13-18(22)23-17)20(29)27-6-4-24(5-7-27)14-19(28)26-10-8-25(9-11-26)16-2-1-3-16/h12-13,16H,1-11,14H2. The summed E-state index contributed by atoms with van der Waals surface area (Å²) < 4.78 is 0. The average molecular weight is 440 g/mol. The van der Waals surface area contributed by atoms with E-state index in [9.17, 15) is 9.59 Å². The molecule has 1 aromatic rings. The van der Waals surface area contributed by atoms with Crippen LogP contribution in [0.1, 0.15) is 29.6 Å². The van der Waals surface area contributed by atoms with Crippen molar-refractivity contribution in [2.24, 2.45) is 0 Å². The number of aromatic nitrogens is 1. The quantitative estimate of drug-likeness (QED) is 0.669. The van der Waals surface area contributed by atoms with E-state index in [1.165, 1.54) is 31.4 Å². The maximum atomic E-state index is 12.7. The molecule has 3 aliphatic rings. The Labute approximate surface area is 181 Å². The normalized spacial score (nSPS) is 21.9.